The van der Waals surface area contributed by atoms with Crippen molar-refractivity contribution in [2.75, 3.05) is 19.3 Å². The van der Waals surface area contributed by atoms with E-state index >= 15 is 0 Å². The van der Waals surface area contributed by atoms with Crippen LogP contribution in [0.3, 0.4) is 0 Å². The fraction of sp³-hybridized carbons (Fsp3) is 0.400. The molecule has 0 saturated carbocycles. The third kappa shape index (κ3) is 5.23. The lowest BCUT2D eigenvalue weighted by Crippen LogP contribution is -2.48. The molecule has 22 heavy (non-hydrogen) atoms. The lowest BCUT2D eigenvalue weighted by atomic mass is 10.1. The average Bonchev–Trinajstić information content (AvgIpc) is 2.43. The van der Waals surface area contributed by atoms with Crippen LogP contribution in [0.4, 0.5) is 4.39 Å². The maximum Gasteiger partial charge on any atom is 0.246 e. The molecular weight excluding hydrogens is 307 g/mol. The molecule has 0 radical (unpaired) electrons. The van der Waals surface area contributed by atoms with Gasteiger partial charge in [0.15, 0.2) is 0 Å². The van der Waals surface area contributed by atoms with E-state index in [-0.39, 0.29) is 17.8 Å². The van der Waals surface area contributed by atoms with Crippen molar-refractivity contribution in [2.24, 2.45) is 0 Å². The molecule has 120 valence electrons. The summed E-state index contributed by atoms with van der Waals surface area (Å²) in [6.07, 6.45) is 5.51. The molecule has 7 heteroatoms. The normalized spacial score (nSPS) is 19.5. The van der Waals surface area contributed by atoms with Crippen molar-refractivity contribution in [2.45, 2.75) is 18.9 Å². The Morgan fingerprint density at radius 2 is 2.23 bits per heavy atom. The van der Waals surface area contributed by atoms with Crippen LogP contribution in [0.2, 0.25) is 0 Å². The standard InChI is InChI=1S/C15H19FN2O3S/c1-22(20,21)17-14-6-3-9-18(11-14)15(19)8-7-12-4-2-5-13(16)10-12/h2,4-5,7-8,10,14,17H,3,6,9,11H2,1H3/b8-7+/t14-/m1/s1. The molecule has 0 aromatic heterocycles. The molecule has 1 saturated heterocycles. The van der Waals surface area contributed by atoms with Gasteiger partial charge in [-0.25, -0.2) is 17.5 Å². The van der Waals surface area contributed by atoms with Crippen molar-refractivity contribution in [1.82, 2.24) is 9.62 Å². The van der Waals surface area contributed by atoms with Crippen LogP contribution >= 0.6 is 0 Å². The van der Waals surface area contributed by atoms with Gasteiger partial charge in [-0.05, 0) is 36.6 Å². The number of likely N-dealkylation sites (tertiary alicyclic amines) is 1. The molecule has 5 nitrogen and oxygen atoms in total. The number of hydrogen-bond acceptors (Lipinski definition) is 3. The maximum absolute atomic E-state index is 13.1. The van der Waals surface area contributed by atoms with Gasteiger partial charge in [0, 0.05) is 25.2 Å². The highest BCUT2D eigenvalue weighted by Gasteiger charge is 2.24. The number of benzene rings is 1. The molecule has 1 heterocycles. The number of carbonyl (C=O) groups excluding carboxylic acids is 1. The third-order valence-corrected chi connectivity index (χ3v) is 4.14. The van der Waals surface area contributed by atoms with Crippen LogP contribution < -0.4 is 4.72 Å². The van der Waals surface area contributed by atoms with Gasteiger partial charge in [0.25, 0.3) is 0 Å². The van der Waals surface area contributed by atoms with Gasteiger partial charge in [-0.3, -0.25) is 4.79 Å². The Hall–Kier alpha value is -1.73. The monoisotopic (exact) mass is 326 g/mol. The number of sulfonamides is 1. The second-order valence-electron chi connectivity index (χ2n) is 5.40. The first-order valence-electron chi connectivity index (χ1n) is 7.03. The highest BCUT2D eigenvalue weighted by Crippen LogP contribution is 2.12. The van der Waals surface area contributed by atoms with Crippen LogP contribution in [-0.2, 0) is 14.8 Å². The molecule has 1 amide bonds. The number of rotatable bonds is 4. The molecule has 0 spiro atoms. The molecule has 1 aromatic carbocycles. The Kier molecular flexibility index (Phi) is 5.31. The quantitative estimate of drug-likeness (QED) is 0.850. The highest BCUT2D eigenvalue weighted by atomic mass is 32.2. The van der Waals surface area contributed by atoms with Gasteiger partial charge in [0.05, 0.1) is 6.26 Å². The summed E-state index contributed by atoms with van der Waals surface area (Å²) in [5.74, 6) is -0.561. The number of hydrogen-bond donors (Lipinski definition) is 1. The molecule has 0 aliphatic carbocycles. The maximum atomic E-state index is 13.1. The zero-order valence-electron chi connectivity index (χ0n) is 12.3. The second kappa shape index (κ2) is 7.02. The van der Waals surface area contributed by atoms with Crippen molar-refractivity contribution >= 4 is 22.0 Å². The van der Waals surface area contributed by atoms with Crippen LogP contribution in [-0.4, -0.2) is 44.6 Å². The molecule has 0 unspecified atom stereocenters. The third-order valence-electron chi connectivity index (χ3n) is 3.38. The topological polar surface area (TPSA) is 66.5 Å². The Balaban J connectivity index is 1.97. The first-order chi connectivity index (χ1) is 10.3. The fourth-order valence-electron chi connectivity index (χ4n) is 2.46. The minimum Gasteiger partial charge on any atom is -0.338 e. The second-order valence-corrected chi connectivity index (χ2v) is 7.18. The lowest BCUT2D eigenvalue weighted by molar-refractivity contribution is -0.127. The summed E-state index contributed by atoms with van der Waals surface area (Å²) in [6.45, 7) is 0.938. The Morgan fingerprint density at radius 1 is 1.45 bits per heavy atom. The number of halogens is 1. The van der Waals surface area contributed by atoms with E-state index in [1.54, 1.807) is 23.1 Å². The van der Waals surface area contributed by atoms with Gasteiger partial charge in [-0.15, -0.1) is 0 Å². The number of piperidine rings is 1. The number of amides is 1. The summed E-state index contributed by atoms with van der Waals surface area (Å²) in [4.78, 5) is 13.7. The summed E-state index contributed by atoms with van der Waals surface area (Å²) in [6, 6.07) is 5.71. The smallest absolute Gasteiger partial charge is 0.246 e. The first kappa shape index (κ1) is 16.6. The predicted molar refractivity (Wildman–Crippen MR) is 83.0 cm³/mol. The summed E-state index contributed by atoms with van der Waals surface area (Å²) in [7, 11) is -3.28. The van der Waals surface area contributed by atoms with Crippen molar-refractivity contribution in [3.63, 3.8) is 0 Å². The van der Waals surface area contributed by atoms with Crippen LogP contribution in [0.5, 0.6) is 0 Å². The molecule has 2 rings (SSSR count). The zero-order valence-corrected chi connectivity index (χ0v) is 13.1. The zero-order chi connectivity index (χ0) is 16.2. The number of nitrogens with one attached hydrogen (secondary N) is 1. The minimum absolute atomic E-state index is 0.204. The Labute approximate surface area is 129 Å². The molecule has 1 aliphatic heterocycles. The van der Waals surface area contributed by atoms with Crippen LogP contribution in [0.1, 0.15) is 18.4 Å². The van der Waals surface area contributed by atoms with Gasteiger partial charge in [0.1, 0.15) is 5.82 Å². The first-order valence-corrected chi connectivity index (χ1v) is 8.92. The van der Waals surface area contributed by atoms with Gasteiger partial charge < -0.3 is 4.90 Å². The molecular formula is C15H19FN2O3S. The molecule has 1 atom stereocenters. The predicted octanol–water partition coefficient (Wildman–Crippen LogP) is 1.38. The van der Waals surface area contributed by atoms with E-state index in [1.807, 2.05) is 0 Å². The van der Waals surface area contributed by atoms with Crippen molar-refractivity contribution in [3.8, 4) is 0 Å². The van der Waals surface area contributed by atoms with E-state index < -0.39 is 10.0 Å². The van der Waals surface area contributed by atoms with Gasteiger partial charge in [-0.1, -0.05) is 12.1 Å². The van der Waals surface area contributed by atoms with E-state index in [0.717, 1.165) is 12.7 Å². The van der Waals surface area contributed by atoms with Gasteiger partial charge >= 0.3 is 0 Å². The van der Waals surface area contributed by atoms with Crippen molar-refractivity contribution in [1.29, 1.82) is 0 Å². The number of carbonyl (C=O) groups is 1. The lowest BCUT2D eigenvalue weighted by Gasteiger charge is -2.32. The van der Waals surface area contributed by atoms with Crippen molar-refractivity contribution < 1.29 is 17.6 Å². The van der Waals surface area contributed by atoms with E-state index in [4.69, 9.17) is 0 Å². The van der Waals surface area contributed by atoms with Crippen LogP contribution in [0.25, 0.3) is 6.08 Å². The largest absolute Gasteiger partial charge is 0.338 e. The van der Waals surface area contributed by atoms with E-state index in [2.05, 4.69) is 4.72 Å². The minimum atomic E-state index is -3.28. The summed E-state index contributed by atoms with van der Waals surface area (Å²) in [5.41, 5.74) is 0.608. The van der Waals surface area contributed by atoms with E-state index in [0.29, 0.717) is 25.1 Å². The average molecular weight is 326 g/mol. The molecule has 1 aromatic rings. The molecule has 1 fully saturated rings. The van der Waals surface area contributed by atoms with Crippen LogP contribution in [0.15, 0.2) is 30.3 Å². The van der Waals surface area contributed by atoms with E-state index in [1.165, 1.54) is 18.2 Å². The summed E-state index contributed by atoms with van der Waals surface area (Å²) >= 11 is 0. The highest BCUT2D eigenvalue weighted by molar-refractivity contribution is 7.88. The Morgan fingerprint density at radius 3 is 2.91 bits per heavy atom. The van der Waals surface area contributed by atoms with Gasteiger partial charge in [-0.2, -0.15) is 0 Å². The van der Waals surface area contributed by atoms with Crippen molar-refractivity contribution in [3.05, 3.63) is 41.7 Å². The molecule has 1 aliphatic rings. The number of nitrogens with zero attached hydrogens (tertiary/aromatic N) is 1. The van der Waals surface area contributed by atoms with E-state index in [9.17, 15) is 17.6 Å². The summed E-state index contributed by atoms with van der Waals surface area (Å²) in [5, 5.41) is 0. The SMILES string of the molecule is CS(=O)(=O)N[C@@H]1CCCN(C(=O)/C=C/c2cccc(F)c2)C1. The summed E-state index contributed by atoms with van der Waals surface area (Å²) < 4.78 is 38.1. The fourth-order valence-corrected chi connectivity index (χ4v) is 3.26. The van der Waals surface area contributed by atoms with Crippen LogP contribution in [0, 0.1) is 5.82 Å². The van der Waals surface area contributed by atoms with Gasteiger partial charge in [0.2, 0.25) is 15.9 Å². The molecule has 1 N–H and O–H groups in total. The Bertz CT molecular complexity index is 673. The molecule has 0 bridgehead atoms.